The molecular formula is C54H63N3O13. The molecule has 1 fully saturated rings. The zero-order chi connectivity index (χ0) is 49.0. The van der Waals surface area contributed by atoms with Crippen molar-refractivity contribution in [3.63, 3.8) is 0 Å². The predicted octanol–water partition coefficient (Wildman–Crippen LogP) is 9.54. The van der Waals surface area contributed by atoms with Crippen LogP contribution in [0, 0.1) is 17.8 Å². The molecule has 2 aliphatic heterocycles. The molecule has 372 valence electrons. The Morgan fingerprint density at radius 3 is 2.41 bits per heavy atom. The molecular weight excluding hydrogens is 899 g/mol. The molecule has 4 aromatic carbocycles. The van der Waals surface area contributed by atoms with Crippen molar-refractivity contribution in [3.05, 3.63) is 126 Å². The molecule has 70 heavy (non-hydrogen) atoms. The van der Waals surface area contributed by atoms with Gasteiger partial charge in [0.05, 0.1) is 44.8 Å². The summed E-state index contributed by atoms with van der Waals surface area (Å²) in [6.07, 6.45) is 6.87. The number of oxime groups is 1. The summed E-state index contributed by atoms with van der Waals surface area (Å²) >= 11 is 0. The second-order valence-electron chi connectivity index (χ2n) is 17.6. The van der Waals surface area contributed by atoms with Crippen LogP contribution < -0.4 is 33.7 Å². The summed E-state index contributed by atoms with van der Waals surface area (Å²) in [5.74, 6) is 0.133. The maximum Gasteiger partial charge on any atom is 0.417 e. The molecule has 0 spiro atoms. The number of carbonyl (C=O) groups is 2. The number of ether oxygens (including phenoxy) is 8. The van der Waals surface area contributed by atoms with Crippen LogP contribution in [0.2, 0.25) is 0 Å². The molecule has 2 heterocycles. The van der Waals surface area contributed by atoms with Crippen molar-refractivity contribution in [3.8, 4) is 34.5 Å². The summed E-state index contributed by atoms with van der Waals surface area (Å²) in [5, 5.41) is 27.8. The smallest absolute Gasteiger partial charge is 0.417 e. The largest absolute Gasteiger partial charge is 0.497 e. The minimum absolute atomic E-state index is 0.0290. The van der Waals surface area contributed by atoms with E-state index in [1.807, 2.05) is 54.6 Å². The standard InChI is InChI=1S/C54H63N3O13/c1-5-26-67-54-49(57(53(61)64-6-2)32-36-18-22-46-48(27-36)66-34-65-46)31-44(56-68-33-35-14-8-7-9-15-35)41-28-37(16-10-12-24-58)40(17-11-13-25-59)50(51(41)54)42-29-39(20-23-45(42)70-54)69-52(60)55-43-21-19-38(62-3)30-47(43)63-4/h5,7-9,14-15,18-23,27-30,37,40,49-51,58-59H,1,6,10-13,16-17,24-26,31-34H2,2-4H3,(H,55,60). The molecule has 6 unspecified atom stereocenters. The van der Waals surface area contributed by atoms with Crippen molar-refractivity contribution in [2.24, 2.45) is 22.9 Å². The zero-order valence-electron chi connectivity index (χ0n) is 40.0. The van der Waals surface area contributed by atoms with Crippen LogP contribution in [0.1, 0.15) is 74.5 Å². The third-order valence-corrected chi connectivity index (χ3v) is 13.4. The maximum atomic E-state index is 14.7. The maximum absolute atomic E-state index is 14.7. The van der Waals surface area contributed by atoms with Crippen LogP contribution >= 0.6 is 0 Å². The number of aliphatic hydroxyl groups is 2. The molecule has 2 amide bonds. The van der Waals surface area contributed by atoms with Gasteiger partial charge in [-0.05, 0) is 104 Å². The van der Waals surface area contributed by atoms with Gasteiger partial charge in [-0.2, -0.15) is 0 Å². The van der Waals surface area contributed by atoms with E-state index in [1.165, 1.54) is 7.11 Å². The highest BCUT2D eigenvalue weighted by molar-refractivity contribution is 6.03. The Bertz CT molecular complexity index is 2520. The highest BCUT2D eigenvalue weighted by Gasteiger charge is 2.65. The number of hydrogen-bond acceptors (Lipinski definition) is 14. The lowest BCUT2D eigenvalue weighted by molar-refractivity contribution is -0.256. The van der Waals surface area contributed by atoms with Gasteiger partial charge in [0.25, 0.3) is 0 Å². The molecule has 4 aliphatic rings. The summed E-state index contributed by atoms with van der Waals surface area (Å²) in [7, 11) is 3.04. The molecule has 4 aromatic rings. The van der Waals surface area contributed by atoms with E-state index in [-0.39, 0.29) is 70.4 Å². The summed E-state index contributed by atoms with van der Waals surface area (Å²) < 4.78 is 48.7. The molecule has 2 aliphatic carbocycles. The number of methoxy groups -OCH3 is 2. The average Bonchev–Trinajstić information content (AvgIpc) is 3.85. The summed E-state index contributed by atoms with van der Waals surface area (Å²) in [4.78, 5) is 36.3. The van der Waals surface area contributed by atoms with Gasteiger partial charge in [-0.1, -0.05) is 66.5 Å². The van der Waals surface area contributed by atoms with Crippen LogP contribution in [0.3, 0.4) is 0 Å². The Balaban J connectivity index is 1.29. The van der Waals surface area contributed by atoms with Crippen molar-refractivity contribution in [2.75, 3.05) is 52.8 Å². The monoisotopic (exact) mass is 961 g/mol. The number of allylic oxidation sites excluding steroid dienone is 1. The number of benzene rings is 4. The number of amides is 2. The summed E-state index contributed by atoms with van der Waals surface area (Å²) in [6, 6.07) is 24.8. The van der Waals surface area contributed by atoms with Gasteiger partial charge in [0, 0.05) is 43.7 Å². The first-order chi connectivity index (χ1) is 34.2. The molecule has 1 saturated carbocycles. The highest BCUT2D eigenvalue weighted by Crippen LogP contribution is 2.62. The van der Waals surface area contributed by atoms with E-state index in [9.17, 15) is 19.8 Å². The van der Waals surface area contributed by atoms with Gasteiger partial charge in [0.1, 0.15) is 35.6 Å². The third kappa shape index (κ3) is 10.8. The number of nitrogens with one attached hydrogen (secondary N) is 1. The van der Waals surface area contributed by atoms with Crippen LogP contribution in [0.4, 0.5) is 15.3 Å². The number of fused-ring (bicyclic) bond motifs is 3. The molecule has 6 atom stereocenters. The van der Waals surface area contributed by atoms with Crippen molar-refractivity contribution >= 4 is 23.6 Å². The molecule has 0 bridgehead atoms. The van der Waals surface area contributed by atoms with Gasteiger partial charge < -0.3 is 52.9 Å². The minimum Gasteiger partial charge on any atom is -0.497 e. The summed E-state index contributed by atoms with van der Waals surface area (Å²) in [6.45, 7) is 6.42. The van der Waals surface area contributed by atoms with E-state index in [2.05, 4.69) is 18.0 Å². The average molecular weight is 962 g/mol. The van der Waals surface area contributed by atoms with Crippen molar-refractivity contribution in [1.29, 1.82) is 0 Å². The molecule has 0 saturated heterocycles. The molecule has 0 radical (unpaired) electrons. The number of anilines is 1. The van der Waals surface area contributed by atoms with Crippen molar-refractivity contribution < 1.29 is 62.5 Å². The lowest BCUT2D eigenvalue weighted by Crippen LogP contribution is -2.70. The van der Waals surface area contributed by atoms with Gasteiger partial charge >= 0.3 is 12.2 Å². The topological polar surface area (TPSA) is 185 Å². The van der Waals surface area contributed by atoms with Crippen LogP contribution in [-0.2, 0) is 27.5 Å². The van der Waals surface area contributed by atoms with Gasteiger partial charge in [0.15, 0.2) is 11.5 Å². The fraction of sp³-hybridized carbons (Fsp3) is 0.426. The Kier molecular flexibility index (Phi) is 16.5. The Morgan fingerprint density at radius 1 is 0.886 bits per heavy atom. The lowest BCUT2D eigenvalue weighted by atomic mass is 9.55. The van der Waals surface area contributed by atoms with Crippen LogP contribution in [0.25, 0.3) is 0 Å². The quantitative estimate of drug-likeness (QED) is 0.0385. The van der Waals surface area contributed by atoms with E-state index in [0.717, 1.165) is 35.1 Å². The number of rotatable bonds is 22. The van der Waals surface area contributed by atoms with Gasteiger partial charge in [-0.15, -0.1) is 6.58 Å². The van der Waals surface area contributed by atoms with E-state index in [0.29, 0.717) is 65.8 Å². The molecule has 16 heteroatoms. The van der Waals surface area contributed by atoms with Crippen molar-refractivity contribution in [2.45, 2.75) is 82.8 Å². The number of unbranched alkanes of at least 4 members (excludes halogenated alkanes) is 2. The second kappa shape index (κ2) is 23.2. The first kappa shape index (κ1) is 49.7. The van der Waals surface area contributed by atoms with Gasteiger partial charge in [-0.3, -0.25) is 10.2 Å². The van der Waals surface area contributed by atoms with Gasteiger partial charge in [-0.25, -0.2) is 9.59 Å². The fourth-order valence-corrected chi connectivity index (χ4v) is 10.4. The highest BCUT2D eigenvalue weighted by atomic mass is 16.7. The van der Waals surface area contributed by atoms with E-state index in [1.54, 1.807) is 55.3 Å². The zero-order valence-corrected chi connectivity index (χ0v) is 40.0. The number of aliphatic hydroxyl groups excluding tert-OH is 2. The fourth-order valence-electron chi connectivity index (χ4n) is 10.4. The number of nitrogens with zero attached hydrogens (tertiary/aromatic N) is 2. The Labute approximate surface area is 408 Å². The minimum atomic E-state index is -1.57. The first-order valence-corrected chi connectivity index (χ1v) is 24.0. The molecule has 8 rings (SSSR count). The van der Waals surface area contributed by atoms with Crippen LogP contribution in [0.5, 0.6) is 34.5 Å². The molecule has 0 aromatic heterocycles. The normalized spacial score (nSPS) is 22.1. The van der Waals surface area contributed by atoms with Crippen molar-refractivity contribution in [1.82, 2.24) is 4.90 Å². The lowest BCUT2D eigenvalue weighted by Gasteiger charge is -2.59. The Hall–Kier alpha value is -6.75. The van der Waals surface area contributed by atoms with Crippen LogP contribution in [0.15, 0.2) is 114 Å². The SMILES string of the molecule is C=CCOC12Oc3ccc(OC(=O)Nc4ccc(OC)cc4OC)cc3C3C(CCCCO)C(CCCCO)C=C(C(=NOCc4ccccc4)CC1N(Cc1ccc4c(c1)OCO4)C(=O)OCC)C32. The van der Waals surface area contributed by atoms with Crippen LogP contribution in [-0.4, -0.2) is 92.3 Å². The van der Waals surface area contributed by atoms with E-state index < -0.39 is 35.9 Å². The second-order valence-corrected chi connectivity index (χ2v) is 17.6. The number of hydrogen-bond donors (Lipinski definition) is 3. The molecule has 16 nitrogen and oxygen atoms in total. The van der Waals surface area contributed by atoms with E-state index >= 15 is 0 Å². The third-order valence-electron chi connectivity index (χ3n) is 13.4. The summed E-state index contributed by atoms with van der Waals surface area (Å²) in [5.41, 5.74) is 4.30. The van der Waals surface area contributed by atoms with E-state index in [4.69, 9.17) is 47.9 Å². The predicted molar refractivity (Wildman–Crippen MR) is 261 cm³/mol. The molecule has 3 N–H and O–H groups in total. The first-order valence-electron chi connectivity index (χ1n) is 24.0. The van der Waals surface area contributed by atoms with Gasteiger partial charge in [0.2, 0.25) is 12.6 Å². The Morgan fingerprint density at radius 2 is 1.66 bits per heavy atom. The number of carbonyl (C=O) groups excluding carboxylic acids is 2.